The Bertz CT molecular complexity index is 590. The third-order valence-electron chi connectivity index (χ3n) is 3.21. The molecule has 0 bridgehead atoms. The number of aromatic nitrogens is 2. The Kier molecular flexibility index (Phi) is 5.84. The lowest BCUT2D eigenvalue weighted by molar-refractivity contribution is 0.296. The second-order valence-electron chi connectivity index (χ2n) is 5.03. The lowest BCUT2D eigenvalue weighted by atomic mass is 10.0. The minimum atomic E-state index is 0.184. The van der Waals surface area contributed by atoms with E-state index in [0.29, 0.717) is 6.61 Å². The summed E-state index contributed by atoms with van der Waals surface area (Å²) in [4.78, 5) is 0. The summed E-state index contributed by atoms with van der Waals surface area (Å²) in [5.41, 5.74) is 8.09. The van der Waals surface area contributed by atoms with Gasteiger partial charge in [0.2, 0.25) is 0 Å². The molecule has 4 nitrogen and oxygen atoms in total. The van der Waals surface area contributed by atoms with Gasteiger partial charge in [0.15, 0.2) is 0 Å². The van der Waals surface area contributed by atoms with E-state index in [1.807, 2.05) is 19.3 Å². The molecule has 1 aromatic heterocycles. The van der Waals surface area contributed by atoms with E-state index >= 15 is 0 Å². The molecule has 0 aliphatic carbocycles. The molecule has 0 aliphatic rings. The number of hydrogen-bond donors (Lipinski definition) is 1. The Hall–Kier alpha value is -0.850. The molecule has 2 aromatic rings. The lowest BCUT2D eigenvalue weighted by Crippen LogP contribution is -2.21. The summed E-state index contributed by atoms with van der Waals surface area (Å²) in [7, 11) is 1.89. The molecule has 0 saturated carbocycles. The van der Waals surface area contributed by atoms with Crippen LogP contribution < -0.4 is 10.5 Å². The summed E-state index contributed by atoms with van der Waals surface area (Å²) in [6, 6.07) is 6.25. The molecule has 0 fully saturated rings. The number of ether oxygens (including phenoxy) is 1. The van der Waals surface area contributed by atoms with Crippen LogP contribution in [0, 0.1) is 0 Å². The summed E-state index contributed by atoms with van der Waals surface area (Å²) in [6.07, 6.45) is 3.72. The number of nitrogens with two attached hydrogens (primary N) is 1. The summed E-state index contributed by atoms with van der Waals surface area (Å²) in [5, 5.41) is 4.30. The van der Waals surface area contributed by atoms with E-state index in [-0.39, 0.29) is 6.04 Å². The van der Waals surface area contributed by atoms with Crippen molar-refractivity contribution in [1.82, 2.24) is 9.78 Å². The van der Waals surface area contributed by atoms with Crippen molar-refractivity contribution in [2.75, 3.05) is 0 Å². The normalized spacial score (nSPS) is 12.4. The summed E-state index contributed by atoms with van der Waals surface area (Å²) in [6.45, 7) is 2.53. The van der Waals surface area contributed by atoms with Gasteiger partial charge in [0, 0.05) is 19.3 Å². The van der Waals surface area contributed by atoms with Gasteiger partial charge in [0.25, 0.3) is 0 Å². The minimum absolute atomic E-state index is 0.184. The number of aryl methyl sites for hydroxylation is 1. The Morgan fingerprint density at radius 3 is 2.52 bits per heavy atom. The molecule has 114 valence electrons. The van der Waals surface area contributed by atoms with Crippen LogP contribution in [0.1, 0.15) is 24.6 Å². The van der Waals surface area contributed by atoms with Crippen molar-refractivity contribution < 1.29 is 4.74 Å². The number of hydrogen-bond acceptors (Lipinski definition) is 3. The van der Waals surface area contributed by atoms with Crippen LogP contribution in [0.15, 0.2) is 33.3 Å². The SMILES string of the molecule is CCC(N)Cc1cc(Br)c(OCc2ccn(C)n2)c(Br)c1. The molecule has 0 amide bonds. The maximum absolute atomic E-state index is 6.01. The zero-order valence-corrected chi connectivity index (χ0v) is 15.3. The predicted octanol–water partition coefficient (Wildman–Crippen LogP) is 3.80. The fraction of sp³-hybridized carbons (Fsp3) is 0.400. The first-order chi connectivity index (χ1) is 9.99. The fourth-order valence-electron chi connectivity index (χ4n) is 2.00. The number of halogens is 2. The van der Waals surface area contributed by atoms with Crippen molar-refractivity contribution in [2.45, 2.75) is 32.4 Å². The first-order valence-electron chi connectivity index (χ1n) is 6.84. The molecule has 0 aliphatic heterocycles. The fourth-order valence-corrected chi connectivity index (χ4v) is 3.51. The van der Waals surface area contributed by atoms with Gasteiger partial charge in [0.1, 0.15) is 12.4 Å². The first-order valence-corrected chi connectivity index (χ1v) is 8.43. The van der Waals surface area contributed by atoms with Gasteiger partial charge in [-0.3, -0.25) is 4.68 Å². The van der Waals surface area contributed by atoms with Crippen molar-refractivity contribution in [3.8, 4) is 5.75 Å². The molecule has 1 unspecified atom stereocenters. The van der Waals surface area contributed by atoms with Crippen molar-refractivity contribution in [2.24, 2.45) is 12.8 Å². The molecule has 1 atom stereocenters. The molecule has 21 heavy (non-hydrogen) atoms. The molecule has 0 radical (unpaired) electrons. The van der Waals surface area contributed by atoms with Crippen LogP contribution in [-0.4, -0.2) is 15.8 Å². The Balaban J connectivity index is 2.09. The molecule has 2 rings (SSSR count). The van der Waals surface area contributed by atoms with Crippen molar-refractivity contribution >= 4 is 31.9 Å². The Morgan fingerprint density at radius 2 is 2.00 bits per heavy atom. The summed E-state index contributed by atoms with van der Waals surface area (Å²) < 4.78 is 9.46. The number of rotatable bonds is 6. The topological polar surface area (TPSA) is 53.1 Å². The molecule has 0 spiro atoms. The van der Waals surface area contributed by atoms with Crippen LogP contribution in [0.25, 0.3) is 0 Å². The molecule has 0 saturated heterocycles. The largest absolute Gasteiger partial charge is 0.485 e. The highest BCUT2D eigenvalue weighted by Gasteiger charge is 2.11. The third-order valence-corrected chi connectivity index (χ3v) is 4.39. The molecule has 1 aromatic carbocycles. The average molecular weight is 417 g/mol. The minimum Gasteiger partial charge on any atom is -0.485 e. The van der Waals surface area contributed by atoms with E-state index in [0.717, 1.165) is 33.2 Å². The maximum atomic E-state index is 6.01. The molecular formula is C15H19Br2N3O. The van der Waals surface area contributed by atoms with Crippen LogP contribution in [0.4, 0.5) is 0 Å². The van der Waals surface area contributed by atoms with Gasteiger partial charge < -0.3 is 10.5 Å². The van der Waals surface area contributed by atoms with Gasteiger partial charge in [-0.25, -0.2) is 0 Å². The highest BCUT2D eigenvalue weighted by Crippen LogP contribution is 2.35. The van der Waals surface area contributed by atoms with Crippen LogP contribution in [0.5, 0.6) is 5.75 Å². The average Bonchev–Trinajstić information content (AvgIpc) is 2.83. The summed E-state index contributed by atoms with van der Waals surface area (Å²) in [5.74, 6) is 0.787. The second kappa shape index (κ2) is 7.42. The van der Waals surface area contributed by atoms with Crippen LogP contribution in [0.3, 0.4) is 0 Å². The summed E-state index contributed by atoms with van der Waals surface area (Å²) >= 11 is 7.13. The molecule has 6 heteroatoms. The van der Waals surface area contributed by atoms with E-state index in [2.05, 4.69) is 56.0 Å². The van der Waals surface area contributed by atoms with E-state index < -0.39 is 0 Å². The van der Waals surface area contributed by atoms with Crippen molar-refractivity contribution in [3.05, 3.63) is 44.6 Å². The van der Waals surface area contributed by atoms with Gasteiger partial charge in [-0.2, -0.15) is 5.10 Å². The highest BCUT2D eigenvalue weighted by molar-refractivity contribution is 9.11. The van der Waals surface area contributed by atoms with Crippen LogP contribution >= 0.6 is 31.9 Å². The monoisotopic (exact) mass is 415 g/mol. The predicted molar refractivity (Wildman–Crippen MR) is 91.4 cm³/mol. The molecule has 1 heterocycles. The zero-order chi connectivity index (χ0) is 15.4. The quantitative estimate of drug-likeness (QED) is 0.778. The van der Waals surface area contributed by atoms with Crippen LogP contribution in [0.2, 0.25) is 0 Å². The Morgan fingerprint density at radius 1 is 1.33 bits per heavy atom. The third kappa shape index (κ3) is 4.56. The Labute approximate surface area is 141 Å². The van der Waals surface area contributed by atoms with E-state index in [1.165, 1.54) is 5.56 Å². The lowest BCUT2D eigenvalue weighted by Gasteiger charge is -2.13. The van der Waals surface area contributed by atoms with E-state index in [9.17, 15) is 0 Å². The van der Waals surface area contributed by atoms with Crippen LogP contribution in [-0.2, 0) is 20.1 Å². The standard InChI is InChI=1S/C15H19Br2N3O/c1-3-11(18)6-10-7-13(16)15(14(17)8-10)21-9-12-4-5-20(2)19-12/h4-5,7-8,11H,3,6,9,18H2,1-2H3. The van der Waals surface area contributed by atoms with Crippen molar-refractivity contribution in [1.29, 1.82) is 0 Å². The van der Waals surface area contributed by atoms with Gasteiger partial charge >= 0.3 is 0 Å². The number of benzene rings is 1. The van der Waals surface area contributed by atoms with Gasteiger partial charge in [-0.05, 0) is 68.5 Å². The molecular weight excluding hydrogens is 398 g/mol. The molecule has 2 N–H and O–H groups in total. The highest BCUT2D eigenvalue weighted by atomic mass is 79.9. The van der Waals surface area contributed by atoms with Gasteiger partial charge in [0.05, 0.1) is 14.6 Å². The van der Waals surface area contributed by atoms with Gasteiger partial charge in [-0.15, -0.1) is 0 Å². The van der Waals surface area contributed by atoms with E-state index in [1.54, 1.807) is 4.68 Å². The second-order valence-corrected chi connectivity index (χ2v) is 6.74. The number of nitrogens with zero attached hydrogens (tertiary/aromatic N) is 2. The van der Waals surface area contributed by atoms with Gasteiger partial charge in [-0.1, -0.05) is 6.92 Å². The van der Waals surface area contributed by atoms with E-state index in [4.69, 9.17) is 10.5 Å². The smallest absolute Gasteiger partial charge is 0.148 e. The first kappa shape index (κ1) is 16.5. The van der Waals surface area contributed by atoms with Crippen molar-refractivity contribution in [3.63, 3.8) is 0 Å². The zero-order valence-electron chi connectivity index (χ0n) is 12.1. The maximum Gasteiger partial charge on any atom is 0.148 e.